The highest BCUT2D eigenvalue weighted by molar-refractivity contribution is 5.78. The lowest BCUT2D eigenvalue weighted by Gasteiger charge is -2.28. The summed E-state index contributed by atoms with van der Waals surface area (Å²) in [6, 6.07) is 6.53. The lowest BCUT2D eigenvalue weighted by Crippen LogP contribution is -2.36. The van der Waals surface area contributed by atoms with Gasteiger partial charge in [-0.25, -0.2) is 0 Å². The molecule has 1 aliphatic rings. The number of nitrogens with zero attached hydrogens (tertiary/aromatic N) is 1. The molecule has 3 nitrogen and oxygen atoms in total. The van der Waals surface area contributed by atoms with Crippen molar-refractivity contribution in [2.45, 2.75) is 53.0 Å². The maximum Gasteiger partial charge on any atom is 0.150 e. The molecule has 0 amide bonds. The molecule has 0 spiro atoms. The van der Waals surface area contributed by atoms with Crippen LogP contribution >= 0.6 is 0 Å². The number of rotatable bonds is 5. The summed E-state index contributed by atoms with van der Waals surface area (Å²) < 4.78 is 0. The zero-order valence-electron chi connectivity index (χ0n) is 16.8. The van der Waals surface area contributed by atoms with Gasteiger partial charge in [-0.1, -0.05) is 56.2 Å². The summed E-state index contributed by atoms with van der Waals surface area (Å²) in [4.78, 5) is 13.8. The number of benzene rings is 1. The van der Waals surface area contributed by atoms with Gasteiger partial charge in [0.2, 0.25) is 0 Å². The fourth-order valence-electron chi connectivity index (χ4n) is 3.43. The first-order valence-corrected chi connectivity index (χ1v) is 9.94. The van der Waals surface area contributed by atoms with Crippen molar-refractivity contribution in [1.29, 1.82) is 0 Å². The summed E-state index contributed by atoms with van der Waals surface area (Å²) in [7, 11) is 0. The molecule has 3 heteroatoms. The maximum atomic E-state index is 11.3. The Hall–Kier alpha value is -1.87. The average molecular weight is 355 g/mol. The van der Waals surface area contributed by atoms with Crippen LogP contribution in [0.25, 0.3) is 0 Å². The normalized spacial score (nSPS) is 23.5. The number of allylic oxidation sites excluding steroid dienone is 2. The van der Waals surface area contributed by atoms with Crippen molar-refractivity contribution in [3.8, 4) is 0 Å². The third kappa shape index (κ3) is 6.14. The quantitative estimate of drug-likeness (QED) is 0.773. The van der Waals surface area contributed by atoms with Gasteiger partial charge in [0.05, 0.1) is 0 Å². The Kier molecular flexibility index (Phi) is 8.11. The third-order valence-corrected chi connectivity index (χ3v) is 5.16. The summed E-state index contributed by atoms with van der Waals surface area (Å²) in [6.45, 7) is 11.7. The Morgan fingerprint density at radius 1 is 1.35 bits per heavy atom. The van der Waals surface area contributed by atoms with E-state index in [2.05, 4.69) is 68.3 Å². The average Bonchev–Trinajstić information content (AvgIpc) is 2.66. The minimum Gasteiger partial charge on any atom is -0.370 e. The fourth-order valence-corrected chi connectivity index (χ4v) is 3.43. The lowest BCUT2D eigenvalue weighted by atomic mass is 9.96. The molecule has 2 atom stereocenters. The summed E-state index contributed by atoms with van der Waals surface area (Å²) in [5.41, 5.74) is 4.64. The van der Waals surface area contributed by atoms with Crippen molar-refractivity contribution in [1.82, 2.24) is 5.32 Å². The molecule has 26 heavy (non-hydrogen) atoms. The molecule has 0 aliphatic carbocycles. The van der Waals surface area contributed by atoms with Crippen molar-refractivity contribution in [3.63, 3.8) is 0 Å². The molecule has 2 rings (SSSR count). The summed E-state index contributed by atoms with van der Waals surface area (Å²) >= 11 is 0. The molecular weight excluding hydrogens is 320 g/mol. The second-order valence-electron chi connectivity index (χ2n) is 7.56. The van der Waals surface area contributed by atoms with Gasteiger partial charge in [-0.05, 0) is 44.2 Å². The van der Waals surface area contributed by atoms with Crippen LogP contribution in [-0.2, 0) is 6.42 Å². The Morgan fingerprint density at radius 2 is 2.15 bits per heavy atom. The molecule has 2 unspecified atom stereocenters. The van der Waals surface area contributed by atoms with Crippen LogP contribution in [0.2, 0.25) is 0 Å². The van der Waals surface area contributed by atoms with E-state index < -0.39 is 0 Å². The number of nitrogens with one attached hydrogen (secondary N) is 1. The van der Waals surface area contributed by atoms with Crippen LogP contribution in [0, 0.1) is 5.92 Å². The number of carbonyl (C=O) groups is 1. The highest BCUT2D eigenvalue weighted by atomic mass is 16.1. The number of aldehydes is 1. The molecule has 1 aromatic rings. The lowest BCUT2D eigenvalue weighted by molar-refractivity contribution is 0.112. The molecule has 0 saturated carbocycles. The van der Waals surface area contributed by atoms with E-state index in [-0.39, 0.29) is 0 Å². The van der Waals surface area contributed by atoms with E-state index in [0.717, 1.165) is 44.3 Å². The van der Waals surface area contributed by atoms with Crippen LogP contribution in [0.5, 0.6) is 0 Å². The maximum absolute atomic E-state index is 11.3. The second-order valence-corrected chi connectivity index (χ2v) is 7.56. The molecule has 1 aliphatic heterocycles. The van der Waals surface area contributed by atoms with Gasteiger partial charge in [0.1, 0.15) is 6.29 Å². The monoisotopic (exact) mass is 354 g/mol. The van der Waals surface area contributed by atoms with Gasteiger partial charge in [0, 0.05) is 36.9 Å². The molecule has 0 saturated heterocycles. The first-order chi connectivity index (χ1) is 12.5. The molecule has 0 radical (unpaired) electrons. The van der Waals surface area contributed by atoms with Crippen molar-refractivity contribution < 1.29 is 4.79 Å². The predicted molar refractivity (Wildman–Crippen MR) is 112 cm³/mol. The van der Waals surface area contributed by atoms with E-state index in [9.17, 15) is 4.79 Å². The zero-order valence-corrected chi connectivity index (χ0v) is 16.8. The summed E-state index contributed by atoms with van der Waals surface area (Å²) in [5, 5.41) is 3.59. The zero-order chi connectivity index (χ0) is 18.9. The van der Waals surface area contributed by atoms with Gasteiger partial charge >= 0.3 is 0 Å². The molecule has 0 aromatic heterocycles. The Morgan fingerprint density at radius 3 is 2.88 bits per heavy atom. The third-order valence-electron chi connectivity index (χ3n) is 5.16. The van der Waals surface area contributed by atoms with Crippen LogP contribution in [-0.4, -0.2) is 32.0 Å². The molecule has 1 heterocycles. The van der Waals surface area contributed by atoms with Crippen LogP contribution < -0.4 is 10.2 Å². The highest BCUT2D eigenvalue weighted by Gasteiger charge is 2.14. The SMILES string of the molecule is CCC(C)Cc1ccc(C=O)cc1N1CC/C=C\C(C)=C/C(C)NCC1. The van der Waals surface area contributed by atoms with Gasteiger partial charge in [0.15, 0.2) is 0 Å². The van der Waals surface area contributed by atoms with Crippen molar-refractivity contribution in [3.05, 3.63) is 53.1 Å². The minimum absolute atomic E-state index is 0.362. The van der Waals surface area contributed by atoms with Crippen LogP contribution in [0.4, 0.5) is 5.69 Å². The van der Waals surface area contributed by atoms with Gasteiger partial charge in [-0.15, -0.1) is 0 Å². The minimum atomic E-state index is 0.362. The van der Waals surface area contributed by atoms with Crippen molar-refractivity contribution in [2.75, 3.05) is 24.5 Å². The van der Waals surface area contributed by atoms with Gasteiger partial charge in [-0.2, -0.15) is 0 Å². The van der Waals surface area contributed by atoms with E-state index in [1.807, 2.05) is 6.07 Å². The van der Waals surface area contributed by atoms with E-state index in [0.29, 0.717) is 12.0 Å². The number of carbonyl (C=O) groups excluding carboxylic acids is 1. The molecule has 1 aromatic carbocycles. The predicted octanol–water partition coefficient (Wildman–Crippen LogP) is 4.78. The number of hydrogen-bond donors (Lipinski definition) is 1. The molecule has 142 valence electrons. The number of hydrogen-bond acceptors (Lipinski definition) is 3. The topological polar surface area (TPSA) is 32.3 Å². The van der Waals surface area contributed by atoms with Crippen LogP contribution in [0.15, 0.2) is 42.0 Å². The van der Waals surface area contributed by atoms with E-state index in [4.69, 9.17) is 0 Å². The first-order valence-electron chi connectivity index (χ1n) is 9.94. The summed E-state index contributed by atoms with van der Waals surface area (Å²) in [5.74, 6) is 0.643. The fraction of sp³-hybridized carbons (Fsp3) is 0.522. The van der Waals surface area contributed by atoms with Crippen LogP contribution in [0.3, 0.4) is 0 Å². The highest BCUT2D eigenvalue weighted by Crippen LogP contribution is 2.26. The molecule has 0 fully saturated rings. The smallest absolute Gasteiger partial charge is 0.150 e. The van der Waals surface area contributed by atoms with E-state index in [1.54, 1.807) is 0 Å². The molecule has 0 bridgehead atoms. The Labute approximate surface area is 159 Å². The Bertz CT molecular complexity index is 648. The number of anilines is 1. The van der Waals surface area contributed by atoms with Gasteiger partial charge < -0.3 is 10.2 Å². The van der Waals surface area contributed by atoms with Crippen molar-refractivity contribution in [2.24, 2.45) is 5.92 Å². The van der Waals surface area contributed by atoms with E-state index >= 15 is 0 Å². The second kappa shape index (κ2) is 10.3. The van der Waals surface area contributed by atoms with E-state index in [1.165, 1.54) is 23.2 Å². The molecule has 1 N–H and O–H groups in total. The van der Waals surface area contributed by atoms with Gasteiger partial charge in [0.25, 0.3) is 0 Å². The largest absolute Gasteiger partial charge is 0.370 e. The first kappa shape index (κ1) is 20.4. The Balaban J connectivity index is 2.27. The summed E-state index contributed by atoms with van der Waals surface area (Å²) in [6.07, 6.45) is 10.9. The van der Waals surface area contributed by atoms with Crippen LogP contribution in [0.1, 0.15) is 56.5 Å². The van der Waals surface area contributed by atoms with Gasteiger partial charge in [-0.3, -0.25) is 4.79 Å². The molecular formula is C23H34N2O. The van der Waals surface area contributed by atoms with Crippen molar-refractivity contribution >= 4 is 12.0 Å². The standard InChI is InChI=1S/C23H34N2O/c1-5-18(2)15-22-10-9-21(17-26)16-23(22)25-12-7-6-8-19(3)14-20(4)24-11-13-25/h6,8-10,14,16-18,20,24H,5,7,11-13,15H2,1-4H3/b8-6-,19-14-.